The van der Waals surface area contributed by atoms with E-state index in [1.165, 1.54) is 20.0 Å². The van der Waals surface area contributed by atoms with Crippen molar-refractivity contribution < 1.29 is 9.53 Å². The smallest absolute Gasteiger partial charge is 0.333 e. The maximum Gasteiger partial charge on any atom is 0.333 e. The summed E-state index contributed by atoms with van der Waals surface area (Å²) in [5, 5.41) is 0. The molecule has 1 atom stereocenters. The lowest BCUT2D eigenvalue weighted by molar-refractivity contribution is -0.136. The van der Waals surface area contributed by atoms with Gasteiger partial charge in [0.25, 0.3) is 0 Å². The first kappa shape index (κ1) is 9.50. The summed E-state index contributed by atoms with van der Waals surface area (Å²) in [7, 11) is 1.46. The van der Waals surface area contributed by atoms with Gasteiger partial charge in [-0.2, -0.15) is 0 Å². The minimum Gasteiger partial charge on any atom is -0.466 e. The van der Waals surface area contributed by atoms with Crippen molar-refractivity contribution in [1.82, 2.24) is 0 Å². The summed E-state index contributed by atoms with van der Waals surface area (Å²) >= 11 is 0. The maximum atomic E-state index is 11.4. The number of esters is 1. The molecule has 0 saturated carbocycles. The van der Waals surface area contributed by atoms with Crippen LogP contribution >= 0.6 is 0 Å². The van der Waals surface area contributed by atoms with Gasteiger partial charge in [0.15, 0.2) is 0 Å². The zero-order valence-electron chi connectivity index (χ0n) is 8.58. The van der Waals surface area contributed by atoms with Gasteiger partial charge in [0.05, 0.1) is 7.11 Å². The molecule has 76 valence electrons. The molecule has 0 aromatic carbocycles. The van der Waals surface area contributed by atoms with E-state index in [0.717, 1.165) is 24.8 Å². The first-order chi connectivity index (χ1) is 6.81. The second-order valence-electron chi connectivity index (χ2n) is 4.02. The molecule has 0 spiro atoms. The minimum absolute atomic E-state index is 0.141. The molecule has 0 N–H and O–H groups in total. The van der Waals surface area contributed by atoms with Crippen LogP contribution < -0.4 is 0 Å². The Kier molecular flexibility index (Phi) is 2.71. The van der Waals surface area contributed by atoms with Crippen LogP contribution in [0.3, 0.4) is 0 Å². The third-order valence-electron chi connectivity index (χ3n) is 3.18. The van der Waals surface area contributed by atoms with Gasteiger partial charge in [-0.25, -0.2) is 4.79 Å². The molecule has 0 aromatic heterocycles. The fourth-order valence-corrected chi connectivity index (χ4v) is 2.42. The maximum absolute atomic E-state index is 11.4. The summed E-state index contributed by atoms with van der Waals surface area (Å²) in [5.74, 6) is 0.473. The molecule has 0 saturated heterocycles. The van der Waals surface area contributed by atoms with Crippen LogP contribution in [0.2, 0.25) is 0 Å². The van der Waals surface area contributed by atoms with Gasteiger partial charge in [0, 0.05) is 5.57 Å². The molecule has 0 aliphatic heterocycles. The normalized spacial score (nSPS) is 25.9. The highest BCUT2D eigenvalue weighted by molar-refractivity contribution is 5.88. The number of fused-ring (bicyclic) bond motifs is 1. The van der Waals surface area contributed by atoms with Crippen LogP contribution in [0, 0.1) is 5.92 Å². The highest BCUT2D eigenvalue weighted by Gasteiger charge is 2.24. The SMILES string of the molecule is COC(=O)C1=CCCC2=CCC[C@@H]2C1. The summed E-state index contributed by atoms with van der Waals surface area (Å²) in [5.41, 5.74) is 2.43. The lowest BCUT2D eigenvalue weighted by Crippen LogP contribution is -2.08. The zero-order chi connectivity index (χ0) is 9.97. The topological polar surface area (TPSA) is 26.3 Å². The predicted octanol–water partition coefficient (Wildman–Crippen LogP) is 2.61. The largest absolute Gasteiger partial charge is 0.466 e. The monoisotopic (exact) mass is 192 g/mol. The molecule has 0 amide bonds. The molecular weight excluding hydrogens is 176 g/mol. The number of allylic oxidation sites excluding steroid dienone is 3. The second-order valence-corrected chi connectivity index (χ2v) is 4.02. The molecule has 0 radical (unpaired) electrons. The standard InChI is InChI=1S/C12H16O2/c1-14-12(13)11-7-3-5-9-4-2-6-10(9)8-11/h4,7,10H,2-3,5-6,8H2,1H3/t10-/m1/s1. The third kappa shape index (κ3) is 1.74. The Morgan fingerprint density at radius 1 is 1.43 bits per heavy atom. The number of rotatable bonds is 1. The number of methoxy groups -OCH3 is 1. The van der Waals surface area contributed by atoms with E-state index in [4.69, 9.17) is 4.74 Å². The molecular formula is C12H16O2. The molecule has 2 rings (SSSR count). The summed E-state index contributed by atoms with van der Waals surface area (Å²) in [6.07, 6.45) is 9.80. The number of hydrogen-bond donors (Lipinski definition) is 0. The van der Waals surface area contributed by atoms with Crippen molar-refractivity contribution in [3.8, 4) is 0 Å². The molecule has 2 aliphatic carbocycles. The number of carbonyl (C=O) groups excluding carboxylic acids is 1. The Labute approximate surface area is 84.6 Å². The first-order valence-electron chi connectivity index (χ1n) is 5.27. The average molecular weight is 192 g/mol. The third-order valence-corrected chi connectivity index (χ3v) is 3.18. The average Bonchev–Trinajstić information content (AvgIpc) is 2.54. The molecule has 0 heterocycles. The Bertz CT molecular complexity index is 299. The van der Waals surface area contributed by atoms with E-state index in [1.807, 2.05) is 6.08 Å². The molecule has 2 heteroatoms. The summed E-state index contributed by atoms with van der Waals surface area (Å²) in [4.78, 5) is 11.4. The van der Waals surface area contributed by atoms with Gasteiger partial charge in [0.1, 0.15) is 0 Å². The van der Waals surface area contributed by atoms with Gasteiger partial charge in [0.2, 0.25) is 0 Å². The van der Waals surface area contributed by atoms with E-state index < -0.39 is 0 Å². The van der Waals surface area contributed by atoms with Crippen LogP contribution in [0.25, 0.3) is 0 Å². The number of hydrogen-bond acceptors (Lipinski definition) is 2. The molecule has 0 unspecified atom stereocenters. The molecule has 2 nitrogen and oxygen atoms in total. The van der Waals surface area contributed by atoms with E-state index in [9.17, 15) is 4.79 Å². The highest BCUT2D eigenvalue weighted by atomic mass is 16.5. The Balaban J connectivity index is 2.11. The van der Waals surface area contributed by atoms with Crippen LogP contribution in [0.15, 0.2) is 23.3 Å². The lowest BCUT2D eigenvalue weighted by Gasteiger charge is -2.12. The predicted molar refractivity (Wildman–Crippen MR) is 54.8 cm³/mol. The van der Waals surface area contributed by atoms with Crippen molar-refractivity contribution in [2.45, 2.75) is 32.1 Å². The Morgan fingerprint density at radius 2 is 2.29 bits per heavy atom. The number of ether oxygens (including phenoxy) is 1. The van der Waals surface area contributed by atoms with Crippen LogP contribution in [0.1, 0.15) is 32.1 Å². The fourth-order valence-electron chi connectivity index (χ4n) is 2.42. The van der Waals surface area contributed by atoms with Crippen molar-refractivity contribution in [3.05, 3.63) is 23.3 Å². The van der Waals surface area contributed by atoms with Gasteiger partial charge in [-0.1, -0.05) is 17.7 Å². The van der Waals surface area contributed by atoms with Crippen LogP contribution in [0.4, 0.5) is 0 Å². The zero-order valence-corrected chi connectivity index (χ0v) is 8.58. The van der Waals surface area contributed by atoms with Crippen molar-refractivity contribution >= 4 is 5.97 Å². The summed E-state index contributed by atoms with van der Waals surface area (Å²) in [6.45, 7) is 0. The van der Waals surface area contributed by atoms with Crippen LogP contribution in [-0.4, -0.2) is 13.1 Å². The lowest BCUT2D eigenvalue weighted by atomic mass is 9.94. The quantitative estimate of drug-likeness (QED) is 0.471. The van der Waals surface area contributed by atoms with E-state index >= 15 is 0 Å². The second kappa shape index (κ2) is 3.99. The van der Waals surface area contributed by atoms with E-state index in [1.54, 1.807) is 5.57 Å². The van der Waals surface area contributed by atoms with Crippen LogP contribution in [-0.2, 0) is 9.53 Å². The van der Waals surface area contributed by atoms with Crippen LogP contribution in [0.5, 0.6) is 0 Å². The van der Waals surface area contributed by atoms with Crippen molar-refractivity contribution in [2.24, 2.45) is 5.92 Å². The first-order valence-corrected chi connectivity index (χ1v) is 5.27. The Hall–Kier alpha value is -1.05. The molecule has 2 aliphatic rings. The molecule has 14 heavy (non-hydrogen) atoms. The highest BCUT2D eigenvalue weighted by Crippen LogP contribution is 2.36. The van der Waals surface area contributed by atoms with E-state index in [2.05, 4.69) is 6.08 Å². The molecule has 0 fully saturated rings. The fraction of sp³-hybridized carbons (Fsp3) is 0.583. The van der Waals surface area contributed by atoms with Crippen molar-refractivity contribution in [3.63, 3.8) is 0 Å². The van der Waals surface area contributed by atoms with E-state index in [0.29, 0.717) is 5.92 Å². The summed E-state index contributed by atoms with van der Waals surface area (Å²) < 4.78 is 4.77. The van der Waals surface area contributed by atoms with Crippen molar-refractivity contribution in [2.75, 3.05) is 7.11 Å². The molecule has 0 aromatic rings. The Morgan fingerprint density at radius 3 is 3.07 bits per heavy atom. The minimum atomic E-state index is -0.141. The molecule has 0 bridgehead atoms. The van der Waals surface area contributed by atoms with Gasteiger partial charge in [-0.3, -0.25) is 0 Å². The van der Waals surface area contributed by atoms with Gasteiger partial charge >= 0.3 is 5.97 Å². The van der Waals surface area contributed by atoms with Crippen molar-refractivity contribution in [1.29, 1.82) is 0 Å². The summed E-state index contributed by atoms with van der Waals surface area (Å²) in [6, 6.07) is 0. The van der Waals surface area contributed by atoms with Gasteiger partial charge < -0.3 is 4.74 Å². The van der Waals surface area contributed by atoms with Gasteiger partial charge in [-0.05, 0) is 38.0 Å². The number of carbonyl (C=O) groups is 1. The van der Waals surface area contributed by atoms with E-state index in [-0.39, 0.29) is 5.97 Å². The van der Waals surface area contributed by atoms with Gasteiger partial charge in [-0.15, -0.1) is 0 Å².